The van der Waals surface area contributed by atoms with E-state index in [4.69, 9.17) is 16.3 Å². The number of nitrogens with zero attached hydrogens (tertiary/aromatic N) is 2. The number of nitrogens with one attached hydrogen (secondary N) is 2. The quantitative estimate of drug-likeness (QED) is 0.638. The molecule has 3 aromatic rings. The Morgan fingerprint density at radius 3 is 2.77 bits per heavy atom. The number of halogens is 4. The van der Waals surface area contributed by atoms with Gasteiger partial charge in [0, 0.05) is 11.1 Å². The van der Waals surface area contributed by atoms with E-state index in [9.17, 15) is 18.0 Å². The molecule has 0 atom stereocenters. The van der Waals surface area contributed by atoms with Gasteiger partial charge in [-0.1, -0.05) is 17.7 Å². The number of aliphatic imine (C=N–C) groups is 1. The Labute approximate surface area is 173 Å². The highest BCUT2D eigenvalue weighted by Crippen LogP contribution is 2.34. The van der Waals surface area contributed by atoms with Gasteiger partial charge < -0.3 is 15.0 Å². The first-order valence-corrected chi connectivity index (χ1v) is 9.10. The Morgan fingerprint density at radius 2 is 2.07 bits per heavy atom. The number of fused-ring (bicyclic) bond motifs is 1. The van der Waals surface area contributed by atoms with Crippen LogP contribution in [0.5, 0.6) is 5.75 Å². The molecule has 1 aromatic heterocycles. The second-order valence-electron chi connectivity index (χ2n) is 6.46. The highest BCUT2D eigenvalue weighted by Gasteiger charge is 2.34. The number of methoxy groups -OCH3 is 1. The maximum Gasteiger partial charge on any atom is 0.418 e. The second kappa shape index (κ2) is 7.49. The third kappa shape index (κ3) is 3.76. The van der Waals surface area contributed by atoms with E-state index in [1.54, 1.807) is 18.2 Å². The van der Waals surface area contributed by atoms with Crippen molar-refractivity contribution >= 4 is 40.0 Å². The molecule has 2 heterocycles. The van der Waals surface area contributed by atoms with Crippen molar-refractivity contribution in [2.75, 3.05) is 13.7 Å². The van der Waals surface area contributed by atoms with Crippen molar-refractivity contribution in [3.8, 4) is 5.75 Å². The molecule has 1 aliphatic rings. The molecule has 10 heteroatoms. The molecule has 2 aromatic carbocycles. The number of aromatic amines is 1. The summed E-state index contributed by atoms with van der Waals surface area (Å²) in [6.07, 6.45) is -2.95. The van der Waals surface area contributed by atoms with E-state index in [0.717, 1.165) is 6.07 Å². The maximum atomic E-state index is 13.2. The van der Waals surface area contributed by atoms with Crippen molar-refractivity contribution in [2.24, 2.45) is 4.99 Å². The van der Waals surface area contributed by atoms with Gasteiger partial charge in [-0.2, -0.15) is 13.2 Å². The van der Waals surface area contributed by atoms with Crippen molar-refractivity contribution in [3.05, 3.63) is 64.4 Å². The number of benzene rings is 2. The van der Waals surface area contributed by atoms with Gasteiger partial charge in [-0.15, -0.1) is 0 Å². The van der Waals surface area contributed by atoms with Crippen LogP contribution < -0.4 is 10.1 Å². The topological polar surface area (TPSA) is 79.4 Å². The molecule has 0 saturated heterocycles. The number of carbonyl (C=O) groups is 1. The number of rotatable bonds is 3. The van der Waals surface area contributed by atoms with E-state index in [1.807, 2.05) is 0 Å². The Morgan fingerprint density at radius 1 is 1.27 bits per heavy atom. The largest absolute Gasteiger partial charge is 0.495 e. The molecule has 0 spiro atoms. The summed E-state index contributed by atoms with van der Waals surface area (Å²) in [6, 6.07) is 8.41. The van der Waals surface area contributed by atoms with Crippen LogP contribution in [0.2, 0.25) is 5.02 Å². The number of imidazole rings is 1. The van der Waals surface area contributed by atoms with Gasteiger partial charge in [0.15, 0.2) is 0 Å². The fourth-order valence-corrected chi connectivity index (χ4v) is 3.31. The number of amidine groups is 1. The average molecular weight is 435 g/mol. The molecule has 154 valence electrons. The maximum absolute atomic E-state index is 13.2. The van der Waals surface area contributed by atoms with Crippen LogP contribution in [0.25, 0.3) is 16.6 Å². The van der Waals surface area contributed by atoms with Crippen LogP contribution in [0, 0.1) is 0 Å². The van der Waals surface area contributed by atoms with Gasteiger partial charge in [-0.3, -0.25) is 9.79 Å². The highest BCUT2D eigenvalue weighted by molar-refractivity contribution is 6.32. The highest BCUT2D eigenvalue weighted by atomic mass is 35.5. The predicted molar refractivity (Wildman–Crippen MR) is 107 cm³/mol. The standard InChI is InChI=1S/C20H14ClF3N4O2/c1-30-15-6-5-10(7-13(15)21)19(29)27-16-8-11(9-25-16)18-26-14-4-2-3-12(17(14)28-18)20(22,23)24/h2-8H,9H2,1H3,(H,26,28)(H,25,27,29). The minimum Gasteiger partial charge on any atom is -0.495 e. The van der Waals surface area contributed by atoms with Crippen LogP contribution in [-0.4, -0.2) is 35.4 Å². The molecular weight excluding hydrogens is 421 g/mol. The van der Waals surface area contributed by atoms with Crippen molar-refractivity contribution < 1.29 is 22.7 Å². The van der Waals surface area contributed by atoms with Crippen LogP contribution in [0.4, 0.5) is 13.2 Å². The lowest BCUT2D eigenvalue weighted by atomic mass is 10.2. The van der Waals surface area contributed by atoms with Crippen LogP contribution in [0.3, 0.4) is 0 Å². The smallest absolute Gasteiger partial charge is 0.418 e. The van der Waals surface area contributed by atoms with Crippen molar-refractivity contribution in [3.63, 3.8) is 0 Å². The molecule has 1 amide bonds. The monoisotopic (exact) mass is 434 g/mol. The summed E-state index contributed by atoms with van der Waals surface area (Å²) in [7, 11) is 1.47. The van der Waals surface area contributed by atoms with E-state index in [-0.39, 0.29) is 34.3 Å². The third-order valence-corrected chi connectivity index (χ3v) is 4.80. The number of carbonyl (C=O) groups excluding carboxylic acids is 1. The summed E-state index contributed by atoms with van der Waals surface area (Å²) in [6.45, 7) is 0.167. The number of ether oxygens (including phenoxy) is 1. The van der Waals surface area contributed by atoms with Crippen LogP contribution in [-0.2, 0) is 6.18 Å². The minimum atomic E-state index is -4.51. The van der Waals surface area contributed by atoms with Gasteiger partial charge in [0.25, 0.3) is 5.91 Å². The molecule has 0 radical (unpaired) electrons. The molecular formula is C20H14ClF3N4O2. The Bertz CT molecular complexity index is 1210. The first kappa shape index (κ1) is 20.0. The Hall–Kier alpha value is -3.33. The SMILES string of the molecule is COc1ccc(C(=O)NC2=NCC(c3nc4c(C(F)(F)F)cccc4[nH]3)=C2)cc1Cl. The lowest BCUT2D eigenvalue weighted by Crippen LogP contribution is -2.28. The first-order chi connectivity index (χ1) is 14.3. The summed E-state index contributed by atoms with van der Waals surface area (Å²) >= 11 is 6.04. The van der Waals surface area contributed by atoms with Gasteiger partial charge >= 0.3 is 6.18 Å². The average Bonchev–Trinajstić information content (AvgIpc) is 3.33. The summed E-state index contributed by atoms with van der Waals surface area (Å²) in [4.78, 5) is 23.6. The zero-order chi connectivity index (χ0) is 21.5. The molecule has 0 bridgehead atoms. The van der Waals surface area contributed by atoms with Crippen molar-refractivity contribution in [1.82, 2.24) is 15.3 Å². The van der Waals surface area contributed by atoms with Crippen molar-refractivity contribution in [1.29, 1.82) is 0 Å². The lowest BCUT2D eigenvalue weighted by Gasteiger charge is -2.06. The van der Waals surface area contributed by atoms with Crippen LogP contribution in [0.1, 0.15) is 21.7 Å². The normalized spacial score (nSPS) is 13.9. The van der Waals surface area contributed by atoms with E-state index < -0.39 is 17.6 Å². The number of hydrogen-bond acceptors (Lipinski definition) is 4. The number of aromatic nitrogens is 2. The Kier molecular flexibility index (Phi) is 4.98. The first-order valence-electron chi connectivity index (χ1n) is 8.72. The molecule has 0 aliphatic carbocycles. The zero-order valence-corrected chi connectivity index (χ0v) is 16.2. The number of hydrogen-bond donors (Lipinski definition) is 2. The molecule has 6 nitrogen and oxygen atoms in total. The van der Waals surface area contributed by atoms with Crippen LogP contribution in [0.15, 0.2) is 47.5 Å². The Balaban J connectivity index is 1.55. The summed E-state index contributed by atoms with van der Waals surface area (Å²) < 4.78 is 44.6. The fraction of sp³-hybridized carbons (Fsp3) is 0.150. The number of amides is 1. The molecule has 0 saturated carbocycles. The summed E-state index contributed by atoms with van der Waals surface area (Å²) in [5, 5.41) is 2.93. The molecule has 1 aliphatic heterocycles. The van der Waals surface area contributed by atoms with Gasteiger partial charge in [0.2, 0.25) is 0 Å². The molecule has 0 fully saturated rings. The predicted octanol–water partition coefficient (Wildman–Crippen LogP) is 4.47. The van der Waals surface area contributed by atoms with Gasteiger partial charge in [0.1, 0.15) is 22.9 Å². The van der Waals surface area contributed by atoms with Crippen molar-refractivity contribution in [2.45, 2.75) is 6.18 Å². The van der Waals surface area contributed by atoms with Gasteiger partial charge in [0.05, 0.1) is 29.8 Å². The van der Waals surface area contributed by atoms with Crippen LogP contribution >= 0.6 is 11.6 Å². The molecule has 0 unspecified atom stereocenters. The van der Waals surface area contributed by atoms with E-state index in [0.29, 0.717) is 16.9 Å². The van der Waals surface area contributed by atoms with Gasteiger partial charge in [-0.05, 0) is 36.4 Å². The minimum absolute atomic E-state index is 0.161. The summed E-state index contributed by atoms with van der Waals surface area (Å²) in [5.74, 6) is 0.553. The summed E-state index contributed by atoms with van der Waals surface area (Å²) in [5.41, 5.74) is 0.163. The number of H-pyrrole nitrogens is 1. The molecule has 2 N–H and O–H groups in total. The van der Waals surface area contributed by atoms with Gasteiger partial charge in [-0.25, -0.2) is 4.98 Å². The van der Waals surface area contributed by atoms with E-state index in [1.165, 1.54) is 25.3 Å². The number of alkyl halides is 3. The lowest BCUT2D eigenvalue weighted by molar-refractivity contribution is -0.136. The van der Waals surface area contributed by atoms with E-state index >= 15 is 0 Å². The second-order valence-corrected chi connectivity index (χ2v) is 6.87. The zero-order valence-electron chi connectivity index (χ0n) is 15.5. The van der Waals surface area contributed by atoms with E-state index in [2.05, 4.69) is 20.3 Å². The molecule has 30 heavy (non-hydrogen) atoms. The molecule has 4 rings (SSSR count). The third-order valence-electron chi connectivity index (χ3n) is 4.51. The number of para-hydroxylation sites is 1. The fourth-order valence-electron chi connectivity index (χ4n) is 3.05.